The second kappa shape index (κ2) is 5.05. The Balaban J connectivity index is 2.83. The van der Waals surface area contributed by atoms with Crippen molar-refractivity contribution in [3.63, 3.8) is 0 Å². The van der Waals surface area contributed by atoms with Gasteiger partial charge in [-0.2, -0.15) is 11.8 Å². The summed E-state index contributed by atoms with van der Waals surface area (Å²) in [4.78, 5) is 10.7. The molecule has 14 heavy (non-hydrogen) atoms. The van der Waals surface area contributed by atoms with Gasteiger partial charge < -0.3 is 5.11 Å². The molecule has 0 heterocycles. The zero-order valence-corrected chi connectivity index (χ0v) is 9.23. The lowest BCUT2D eigenvalue weighted by molar-refractivity contribution is 0.0696. The molecule has 3 heteroatoms. The average Bonchev–Trinajstić information content (AvgIpc) is 2.14. The van der Waals surface area contributed by atoms with E-state index in [1.165, 1.54) is 5.56 Å². The highest BCUT2D eigenvalue weighted by Gasteiger charge is 2.06. The Morgan fingerprint density at radius 1 is 1.50 bits per heavy atom. The van der Waals surface area contributed by atoms with Crippen LogP contribution in [-0.2, 0) is 5.75 Å². The van der Waals surface area contributed by atoms with Gasteiger partial charge in [-0.1, -0.05) is 19.1 Å². The van der Waals surface area contributed by atoms with E-state index in [4.69, 9.17) is 5.11 Å². The van der Waals surface area contributed by atoms with Crippen LogP contribution in [0.3, 0.4) is 0 Å². The summed E-state index contributed by atoms with van der Waals surface area (Å²) in [7, 11) is 0. The van der Waals surface area contributed by atoms with Crippen molar-refractivity contribution in [1.82, 2.24) is 0 Å². The van der Waals surface area contributed by atoms with E-state index in [0.29, 0.717) is 5.56 Å². The molecule has 0 saturated heterocycles. The first-order chi connectivity index (χ1) is 6.65. The lowest BCUT2D eigenvalue weighted by Gasteiger charge is -2.04. The van der Waals surface area contributed by atoms with E-state index in [-0.39, 0.29) is 0 Å². The van der Waals surface area contributed by atoms with Gasteiger partial charge in [0.05, 0.1) is 5.56 Å². The molecule has 0 bridgehead atoms. The van der Waals surface area contributed by atoms with Gasteiger partial charge in [0.1, 0.15) is 0 Å². The Hall–Kier alpha value is -0.960. The molecule has 0 aliphatic heterocycles. The largest absolute Gasteiger partial charge is 0.478 e. The number of aryl methyl sites for hydroxylation is 1. The van der Waals surface area contributed by atoms with Gasteiger partial charge in [-0.25, -0.2) is 4.79 Å². The zero-order chi connectivity index (χ0) is 10.6. The predicted octanol–water partition coefficient (Wildman–Crippen LogP) is 2.95. The molecule has 1 rings (SSSR count). The maximum absolute atomic E-state index is 10.7. The molecule has 0 aliphatic rings. The van der Waals surface area contributed by atoms with Crippen LogP contribution in [-0.4, -0.2) is 16.8 Å². The number of benzene rings is 1. The summed E-state index contributed by atoms with van der Waals surface area (Å²) in [6.07, 6.45) is 0. The van der Waals surface area contributed by atoms with Crippen molar-refractivity contribution in [2.45, 2.75) is 19.6 Å². The van der Waals surface area contributed by atoms with Gasteiger partial charge >= 0.3 is 5.97 Å². The van der Waals surface area contributed by atoms with Crippen molar-refractivity contribution >= 4 is 17.7 Å². The van der Waals surface area contributed by atoms with E-state index in [1.54, 1.807) is 6.07 Å². The highest BCUT2D eigenvalue weighted by molar-refractivity contribution is 7.98. The van der Waals surface area contributed by atoms with E-state index >= 15 is 0 Å². The molecule has 0 amide bonds. The molecule has 2 nitrogen and oxygen atoms in total. The molecule has 0 saturated carbocycles. The van der Waals surface area contributed by atoms with Gasteiger partial charge in [0, 0.05) is 5.75 Å². The molecule has 76 valence electrons. The van der Waals surface area contributed by atoms with Gasteiger partial charge in [-0.15, -0.1) is 0 Å². The fourth-order valence-corrected chi connectivity index (χ4v) is 1.89. The van der Waals surface area contributed by atoms with E-state index in [2.05, 4.69) is 6.92 Å². The van der Waals surface area contributed by atoms with Crippen molar-refractivity contribution in [2.75, 3.05) is 5.75 Å². The SMILES string of the molecule is CCSCc1ccc(C(=O)O)c(C)c1. The van der Waals surface area contributed by atoms with Gasteiger partial charge in [0.15, 0.2) is 0 Å². The van der Waals surface area contributed by atoms with Crippen molar-refractivity contribution < 1.29 is 9.90 Å². The molecule has 0 radical (unpaired) electrons. The van der Waals surface area contributed by atoms with Gasteiger partial charge in [0.25, 0.3) is 0 Å². The Labute approximate surface area is 88.3 Å². The highest BCUT2D eigenvalue weighted by Crippen LogP contribution is 2.16. The van der Waals surface area contributed by atoms with E-state index < -0.39 is 5.97 Å². The summed E-state index contributed by atoms with van der Waals surface area (Å²) in [6, 6.07) is 5.52. The highest BCUT2D eigenvalue weighted by atomic mass is 32.2. The summed E-state index contributed by atoms with van der Waals surface area (Å²) in [6.45, 7) is 3.95. The summed E-state index contributed by atoms with van der Waals surface area (Å²) in [5.74, 6) is 1.19. The maximum atomic E-state index is 10.7. The lowest BCUT2D eigenvalue weighted by Crippen LogP contribution is -1.99. The van der Waals surface area contributed by atoms with Crippen LogP contribution in [0.25, 0.3) is 0 Å². The molecule has 0 spiro atoms. The van der Waals surface area contributed by atoms with Crippen LogP contribution in [0.2, 0.25) is 0 Å². The molecular weight excluding hydrogens is 196 g/mol. The fraction of sp³-hybridized carbons (Fsp3) is 0.364. The first kappa shape index (κ1) is 11.1. The summed E-state index contributed by atoms with van der Waals surface area (Å²) in [5.41, 5.74) is 2.43. The van der Waals surface area contributed by atoms with E-state index in [0.717, 1.165) is 17.1 Å². The fourth-order valence-electron chi connectivity index (χ4n) is 1.28. The Bertz CT molecular complexity index is 334. The van der Waals surface area contributed by atoms with Crippen LogP contribution in [0.1, 0.15) is 28.4 Å². The maximum Gasteiger partial charge on any atom is 0.335 e. The number of aromatic carboxylic acids is 1. The van der Waals surface area contributed by atoms with Gasteiger partial charge in [-0.3, -0.25) is 0 Å². The smallest absolute Gasteiger partial charge is 0.335 e. The standard InChI is InChI=1S/C11H14O2S/c1-3-14-7-9-4-5-10(11(12)13)8(2)6-9/h4-6H,3,7H2,1-2H3,(H,12,13). The third-order valence-corrected chi connectivity index (χ3v) is 2.94. The first-order valence-electron chi connectivity index (χ1n) is 4.55. The minimum Gasteiger partial charge on any atom is -0.478 e. The number of rotatable bonds is 4. The quantitative estimate of drug-likeness (QED) is 0.830. The number of hydrogen-bond acceptors (Lipinski definition) is 2. The van der Waals surface area contributed by atoms with Gasteiger partial charge in [0.2, 0.25) is 0 Å². The van der Waals surface area contributed by atoms with Crippen LogP contribution in [0, 0.1) is 6.92 Å². The summed E-state index contributed by atoms with van der Waals surface area (Å²) in [5, 5.41) is 8.83. The number of carboxylic acids is 1. The Kier molecular flexibility index (Phi) is 4.01. The molecule has 1 N–H and O–H groups in total. The molecule has 1 aromatic rings. The molecule has 0 atom stereocenters. The van der Waals surface area contributed by atoms with Crippen LogP contribution in [0.4, 0.5) is 0 Å². The minimum absolute atomic E-state index is 0.398. The number of thioether (sulfide) groups is 1. The third kappa shape index (κ3) is 2.77. The number of hydrogen-bond donors (Lipinski definition) is 1. The number of carboxylic acid groups (broad SMARTS) is 1. The van der Waals surface area contributed by atoms with Crippen LogP contribution >= 0.6 is 11.8 Å². The topological polar surface area (TPSA) is 37.3 Å². The second-order valence-electron chi connectivity index (χ2n) is 3.09. The van der Waals surface area contributed by atoms with Gasteiger partial charge in [-0.05, 0) is 29.9 Å². The van der Waals surface area contributed by atoms with Crippen molar-refractivity contribution in [3.05, 3.63) is 34.9 Å². The van der Waals surface area contributed by atoms with Crippen molar-refractivity contribution in [1.29, 1.82) is 0 Å². The Morgan fingerprint density at radius 3 is 2.71 bits per heavy atom. The zero-order valence-electron chi connectivity index (χ0n) is 8.41. The van der Waals surface area contributed by atoms with Crippen molar-refractivity contribution in [2.24, 2.45) is 0 Å². The molecule has 0 unspecified atom stereocenters. The van der Waals surface area contributed by atoms with E-state index in [1.807, 2.05) is 30.8 Å². The minimum atomic E-state index is -0.850. The monoisotopic (exact) mass is 210 g/mol. The second-order valence-corrected chi connectivity index (χ2v) is 4.37. The number of carbonyl (C=O) groups is 1. The lowest BCUT2D eigenvalue weighted by atomic mass is 10.1. The summed E-state index contributed by atoms with van der Waals surface area (Å²) < 4.78 is 0. The molecule has 0 aliphatic carbocycles. The van der Waals surface area contributed by atoms with Crippen molar-refractivity contribution in [3.8, 4) is 0 Å². The molecular formula is C11H14O2S. The van der Waals surface area contributed by atoms with Crippen LogP contribution in [0.15, 0.2) is 18.2 Å². The summed E-state index contributed by atoms with van der Waals surface area (Å²) >= 11 is 1.84. The molecule has 0 fully saturated rings. The third-order valence-electron chi connectivity index (χ3n) is 1.99. The van der Waals surface area contributed by atoms with E-state index in [9.17, 15) is 4.79 Å². The molecule has 0 aromatic heterocycles. The molecule has 1 aromatic carbocycles. The normalized spacial score (nSPS) is 10.1. The average molecular weight is 210 g/mol. The van der Waals surface area contributed by atoms with Crippen LogP contribution < -0.4 is 0 Å². The Morgan fingerprint density at radius 2 is 2.21 bits per heavy atom. The van der Waals surface area contributed by atoms with Crippen LogP contribution in [0.5, 0.6) is 0 Å². The first-order valence-corrected chi connectivity index (χ1v) is 5.71. The predicted molar refractivity (Wildman–Crippen MR) is 60.0 cm³/mol.